The van der Waals surface area contributed by atoms with Gasteiger partial charge in [0.1, 0.15) is 5.75 Å². The van der Waals surface area contributed by atoms with Crippen LogP contribution >= 0.6 is 0 Å². The third-order valence-electron chi connectivity index (χ3n) is 5.85. The molecule has 0 saturated carbocycles. The molecule has 1 aromatic heterocycles. The van der Waals surface area contributed by atoms with Crippen LogP contribution in [0.2, 0.25) is 0 Å². The maximum absolute atomic E-state index is 12.8. The van der Waals surface area contributed by atoms with Crippen molar-refractivity contribution in [2.45, 2.75) is 12.8 Å². The van der Waals surface area contributed by atoms with Crippen LogP contribution in [0.15, 0.2) is 42.5 Å². The number of ether oxygens (including phenoxy) is 1. The molecule has 1 aliphatic heterocycles. The number of carbonyl (C=O) groups is 1. The number of nitrogens with zero attached hydrogens (tertiary/aromatic N) is 2. The maximum Gasteiger partial charge on any atom is 0.272 e. The Labute approximate surface area is 176 Å². The molecule has 1 fully saturated rings. The minimum Gasteiger partial charge on any atom is -0.508 e. The van der Waals surface area contributed by atoms with Gasteiger partial charge in [0.25, 0.3) is 5.91 Å². The number of methoxy groups -OCH3 is 1. The van der Waals surface area contributed by atoms with Gasteiger partial charge >= 0.3 is 0 Å². The lowest BCUT2D eigenvalue weighted by Gasteiger charge is -2.31. The van der Waals surface area contributed by atoms with E-state index in [0.29, 0.717) is 18.2 Å². The molecule has 1 aliphatic rings. The molecule has 1 saturated heterocycles. The van der Waals surface area contributed by atoms with E-state index in [1.165, 1.54) is 0 Å². The number of hydrogen-bond donors (Lipinski definition) is 3. The number of rotatable bonds is 7. The summed E-state index contributed by atoms with van der Waals surface area (Å²) in [6.45, 7) is 4.50. The van der Waals surface area contributed by atoms with E-state index in [1.54, 1.807) is 19.2 Å². The molecule has 3 N–H and O–H groups in total. The number of H-pyrrole nitrogens is 1. The van der Waals surface area contributed by atoms with Crippen LogP contribution < -0.4 is 5.32 Å². The van der Waals surface area contributed by atoms with Crippen molar-refractivity contribution in [2.24, 2.45) is 5.92 Å². The number of benzene rings is 2. The average Bonchev–Trinajstić information content (AvgIpc) is 3.20. The van der Waals surface area contributed by atoms with Crippen molar-refractivity contribution >= 4 is 16.8 Å². The van der Waals surface area contributed by atoms with Crippen molar-refractivity contribution in [3.05, 3.63) is 48.2 Å². The highest BCUT2D eigenvalue weighted by Crippen LogP contribution is 2.27. The number of aromatic amines is 1. The number of amides is 1. The van der Waals surface area contributed by atoms with Crippen LogP contribution in [0.4, 0.5) is 0 Å². The number of hydrogen-bond acceptors (Lipinski definition) is 5. The van der Waals surface area contributed by atoms with E-state index in [-0.39, 0.29) is 11.7 Å². The SMILES string of the molecule is COCCN1CCC(CNC(=O)c2n[nH]c3ccc(-c4ccc(O)cc4)cc23)CC1. The lowest BCUT2D eigenvalue weighted by Crippen LogP contribution is -2.39. The summed E-state index contributed by atoms with van der Waals surface area (Å²) in [5.74, 6) is 0.573. The molecule has 0 aliphatic carbocycles. The van der Waals surface area contributed by atoms with Crippen LogP contribution in [0.25, 0.3) is 22.0 Å². The van der Waals surface area contributed by atoms with Crippen molar-refractivity contribution in [2.75, 3.05) is 39.9 Å². The van der Waals surface area contributed by atoms with E-state index in [1.807, 2.05) is 30.3 Å². The second-order valence-corrected chi connectivity index (χ2v) is 7.87. The Morgan fingerprint density at radius 2 is 1.93 bits per heavy atom. The highest BCUT2D eigenvalue weighted by molar-refractivity contribution is 6.05. The predicted molar refractivity (Wildman–Crippen MR) is 117 cm³/mol. The monoisotopic (exact) mass is 408 g/mol. The first-order chi connectivity index (χ1) is 14.6. The average molecular weight is 409 g/mol. The van der Waals surface area contributed by atoms with E-state index < -0.39 is 0 Å². The lowest BCUT2D eigenvalue weighted by atomic mass is 9.96. The molecule has 30 heavy (non-hydrogen) atoms. The summed E-state index contributed by atoms with van der Waals surface area (Å²) in [7, 11) is 1.73. The molecule has 4 rings (SSSR count). The molecule has 2 aromatic carbocycles. The summed E-state index contributed by atoms with van der Waals surface area (Å²) in [6.07, 6.45) is 2.16. The molecule has 0 bridgehead atoms. The van der Waals surface area contributed by atoms with Gasteiger partial charge in [0.15, 0.2) is 5.69 Å². The summed E-state index contributed by atoms with van der Waals surface area (Å²) in [4.78, 5) is 15.2. The third-order valence-corrected chi connectivity index (χ3v) is 5.85. The van der Waals surface area contributed by atoms with Crippen molar-refractivity contribution in [3.8, 4) is 16.9 Å². The van der Waals surface area contributed by atoms with Crippen LogP contribution in [0.3, 0.4) is 0 Å². The van der Waals surface area contributed by atoms with Gasteiger partial charge in [-0.3, -0.25) is 9.89 Å². The highest BCUT2D eigenvalue weighted by Gasteiger charge is 2.21. The van der Waals surface area contributed by atoms with Gasteiger partial charge < -0.3 is 20.1 Å². The fourth-order valence-electron chi connectivity index (χ4n) is 3.98. The van der Waals surface area contributed by atoms with Crippen molar-refractivity contribution in [1.82, 2.24) is 20.4 Å². The number of piperidine rings is 1. The molecule has 3 aromatic rings. The maximum atomic E-state index is 12.8. The topological polar surface area (TPSA) is 90.5 Å². The Morgan fingerprint density at radius 1 is 1.20 bits per heavy atom. The van der Waals surface area contributed by atoms with Crippen LogP contribution in [-0.4, -0.2) is 66.0 Å². The van der Waals surface area contributed by atoms with Crippen molar-refractivity contribution in [1.29, 1.82) is 0 Å². The van der Waals surface area contributed by atoms with Crippen LogP contribution in [0.5, 0.6) is 5.75 Å². The Bertz CT molecular complexity index is 991. The fraction of sp³-hybridized carbons (Fsp3) is 0.391. The molecule has 0 radical (unpaired) electrons. The number of likely N-dealkylation sites (tertiary alicyclic amines) is 1. The van der Waals surface area contributed by atoms with E-state index in [4.69, 9.17) is 4.74 Å². The molecule has 158 valence electrons. The van der Waals surface area contributed by atoms with Crippen LogP contribution in [-0.2, 0) is 4.74 Å². The van der Waals surface area contributed by atoms with Crippen LogP contribution in [0, 0.1) is 5.92 Å². The molecular weight excluding hydrogens is 380 g/mol. The molecule has 0 unspecified atom stereocenters. The largest absolute Gasteiger partial charge is 0.508 e. The number of nitrogens with one attached hydrogen (secondary N) is 2. The summed E-state index contributed by atoms with van der Waals surface area (Å²) in [5, 5.41) is 20.6. The third kappa shape index (κ3) is 4.63. The van der Waals surface area contributed by atoms with Crippen LogP contribution in [0.1, 0.15) is 23.3 Å². The second kappa shape index (κ2) is 9.28. The van der Waals surface area contributed by atoms with E-state index in [9.17, 15) is 9.90 Å². The summed E-state index contributed by atoms with van der Waals surface area (Å²) in [6, 6.07) is 12.9. The quantitative estimate of drug-likeness (QED) is 0.559. The van der Waals surface area contributed by atoms with Gasteiger partial charge in [0.2, 0.25) is 0 Å². The Kier molecular flexibility index (Phi) is 6.30. The van der Waals surface area contributed by atoms with Gasteiger partial charge in [-0.25, -0.2) is 0 Å². The number of aromatic nitrogens is 2. The summed E-state index contributed by atoms with van der Waals surface area (Å²) in [5.41, 5.74) is 3.20. The second-order valence-electron chi connectivity index (χ2n) is 7.87. The Balaban J connectivity index is 1.40. The first-order valence-corrected chi connectivity index (χ1v) is 10.4. The first-order valence-electron chi connectivity index (χ1n) is 10.4. The number of phenols is 1. The van der Waals surface area contributed by atoms with Gasteiger partial charge in [0.05, 0.1) is 12.1 Å². The molecule has 0 spiro atoms. The standard InChI is InChI=1S/C23H28N4O3/c1-30-13-12-27-10-8-16(9-11-27)15-24-23(29)22-20-14-18(4-7-21(20)25-26-22)17-2-5-19(28)6-3-17/h2-7,14,16,28H,8-13,15H2,1H3,(H,24,29)(H,25,26). The molecule has 7 nitrogen and oxygen atoms in total. The fourth-order valence-corrected chi connectivity index (χ4v) is 3.98. The normalized spacial score (nSPS) is 15.5. The molecule has 0 atom stereocenters. The highest BCUT2D eigenvalue weighted by atomic mass is 16.5. The minimum atomic E-state index is -0.147. The van der Waals surface area contributed by atoms with Gasteiger partial charge in [-0.2, -0.15) is 5.10 Å². The van der Waals surface area contributed by atoms with E-state index in [0.717, 1.165) is 61.1 Å². The van der Waals surface area contributed by atoms with Gasteiger partial charge in [0, 0.05) is 25.6 Å². The number of fused-ring (bicyclic) bond motifs is 1. The van der Waals surface area contributed by atoms with Gasteiger partial charge in [-0.15, -0.1) is 0 Å². The zero-order valence-corrected chi connectivity index (χ0v) is 17.2. The number of carbonyl (C=O) groups excluding carboxylic acids is 1. The summed E-state index contributed by atoms with van der Waals surface area (Å²) >= 11 is 0. The minimum absolute atomic E-state index is 0.147. The Morgan fingerprint density at radius 3 is 2.67 bits per heavy atom. The number of phenolic OH excluding ortho intramolecular Hbond substituents is 1. The van der Waals surface area contributed by atoms with E-state index >= 15 is 0 Å². The summed E-state index contributed by atoms with van der Waals surface area (Å²) < 4.78 is 5.15. The Hall–Kier alpha value is -2.90. The van der Waals surface area contributed by atoms with E-state index in [2.05, 4.69) is 20.4 Å². The van der Waals surface area contributed by atoms with Crippen molar-refractivity contribution < 1.29 is 14.6 Å². The molecule has 2 heterocycles. The zero-order chi connectivity index (χ0) is 20.9. The molecule has 1 amide bonds. The zero-order valence-electron chi connectivity index (χ0n) is 17.2. The lowest BCUT2D eigenvalue weighted by molar-refractivity contribution is 0.0922. The van der Waals surface area contributed by atoms with Gasteiger partial charge in [-0.1, -0.05) is 18.2 Å². The molecule has 7 heteroatoms. The number of aromatic hydroxyl groups is 1. The smallest absolute Gasteiger partial charge is 0.272 e. The molecular formula is C23H28N4O3. The van der Waals surface area contributed by atoms with Crippen molar-refractivity contribution in [3.63, 3.8) is 0 Å². The predicted octanol–water partition coefficient (Wildman–Crippen LogP) is 3.02. The first kappa shape index (κ1) is 20.4. The van der Waals surface area contributed by atoms with Gasteiger partial charge in [-0.05, 0) is 67.2 Å².